The Morgan fingerprint density at radius 2 is 1.83 bits per heavy atom. The Morgan fingerprint density at radius 3 is 2.58 bits per heavy atom. The summed E-state index contributed by atoms with van der Waals surface area (Å²) in [5.41, 5.74) is 3.80. The van der Waals surface area contributed by atoms with Crippen molar-refractivity contribution in [1.82, 2.24) is 14.6 Å². The predicted molar refractivity (Wildman–Crippen MR) is 97.1 cm³/mol. The van der Waals surface area contributed by atoms with E-state index in [0.29, 0.717) is 11.2 Å². The first-order valence-corrected chi connectivity index (χ1v) is 8.14. The van der Waals surface area contributed by atoms with Gasteiger partial charge in [0.25, 0.3) is 0 Å². The smallest absolute Gasteiger partial charge is 0.173 e. The van der Waals surface area contributed by atoms with Gasteiger partial charge in [-0.1, -0.05) is 42.5 Å². The van der Waals surface area contributed by atoms with Crippen LogP contribution >= 0.6 is 15.9 Å². The molecule has 0 saturated carbocycles. The normalized spacial score (nSPS) is 10.7. The topological polar surface area (TPSA) is 68.9 Å². The Balaban J connectivity index is 1.93. The summed E-state index contributed by atoms with van der Waals surface area (Å²) in [6, 6.07) is 19.9. The lowest BCUT2D eigenvalue weighted by atomic mass is 10.1. The third-order valence-corrected chi connectivity index (χ3v) is 4.44. The van der Waals surface area contributed by atoms with Gasteiger partial charge in [0.1, 0.15) is 17.3 Å². The zero-order valence-corrected chi connectivity index (χ0v) is 14.1. The van der Waals surface area contributed by atoms with Gasteiger partial charge in [-0.05, 0) is 28.1 Å². The molecule has 0 saturated heterocycles. The summed E-state index contributed by atoms with van der Waals surface area (Å²) in [4.78, 5) is 4.67. The Hall–Kier alpha value is -3.04. The molecule has 0 spiro atoms. The number of fused-ring (bicyclic) bond motifs is 1. The maximum absolute atomic E-state index is 9.28. The first-order chi connectivity index (χ1) is 11.8. The van der Waals surface area contributed by atoms with Gasteiger partial charge in [-0.15, -0.1) is 0 Å². The van der Waals surface area contributed by atoms with Crippen molar-refractivity contribution in [3.05, 3.63) is 70.8 Å². The van der Waals surface area contributed by atoms with Crippen molar-refractivity contribution >= 4 is 33.1 Å². The molecule has 4 aromatic rings. The van der Waals surface area contributed by atoms with Crippen LogP contribution in [0.15, 0.2) is 65.3 Å². The van der Waals surface area contributed by atoms with Crippen LogP contribution in [0.4, 0.5) is 11.5 Å². The van der Waals surface area contributed by atoms with Crippen LogP contribution in [0.2, 0.25) is 0 Å². The molecule has 0 unspecified atom stereocenters. The fourth-order valence-corrected chi connectivity index (χ4v) is 2.99. The maximum Gasteiger partial charge on any atom is 0.173 e. The van der Waals surface area contributed by atoms with Gasteiger partial charge in [-0.3, -0.25) is 5.10 Å². The van der Waals surface area contributed by atoms with Crippen molar-refractivity contribution in [3.8, 4) is 17.3 Å². The molecular weight excluding hydrogens is 366 g/mol. The molecule has 0 fully saturated rings. The zero-order valence-electron chi connectivity index (χ0n) is 12.5. The highest BCUT2D eigenvalue weighted by Crippen LogP contribution is 2.33. The average Bonchev–Trinajstić information content (AvgIpc) is 3.17. The monoisotopic (exact) mass is 377 g/mol. The summed E-state index contributed by atoms with van der Waals surface area (Å²) in [5.74, 6) is 0.782. The van der Waals surface area contributed by atoms with Crippen molar-refractivity contribution in [3.63, 3.8) is 0 Å². The largest absolute Gasteiger partial charge is 0.337 e. The molecule has 6 heteroatoms. The molecule has 2 heterocycles. The number of anilines is 2. The molecule has 0 atom stereocenters. The van der Waals surface area contributed by atoms with Gasteiger partial charge in [0.2, 0.25) is 0 Å². The number of imidazole rings is 1. The van der Waals surface area contributed by atoms with Gasteiger partial charge in [-0.2, -0.15) is 5.26 Å². The molecule has 0 aliphatic rings. The van der Waals surface area contributed by atoms with Crippen LogP contribution in [-0.4, -0.2) is 14.6 Å². The second kappa shape index (κ2) is 5.87. The molecule has 24 heavy (non-hydrogen) atoms. The first-order valence-electron chi connectivity index (χ1n) is 7.35. The Bertz CT molecular complexity index is 1060. The number of para-hydroxylation sites is 1. The highest BCUT2D eigenvalue weighted by Gasteiger charge is 2.18. The van der Waals surface area contributed by atoms with Crippen molar-refractivity contribution in [2.75, 3.05) is 5.32 Å². The SMILES string of the molecule is N#Cc1c[nH]n2c(Nc3ccccc3Br)c(-c3ccccc3)nc12. The summed E-state index contributed by atoms with van der Waals surface area (Å²) >= 11 is 3.55. The van der Waals surface area contributed by atoms with Gasteiger partial charge in [-0.25, -0.2) is 9.50 Å². The van der Waals surface area contributed by atoms with Gasteiger partial charge >= 0.3 is 0 Å². The summed E-state index contributed by atoms with van der Waals surface area (Å²) in [7, 11) is 0. The third kappa shape index (κ3) is 2.36. The third-order valence-electron chi connectivity index (χ3n) is 3.75. The highest BCUT2D eigenvalue weighted by atomic mass is 79.9. The van der Waals surface area contributed by atoms with E-state index >= 15 is 0 Å². The predicted octanol–water partition coefficient (Wildman–Crippen LogP) is 4.71. The van der Waals surface area contributed by atoms with E-state index in [1.165, 1.54) is 0 Å². The Kier molecular flexibility index (Phi) is 3.56. The number of rotatable bonds is 3. The Morgan fingerprint density at radius 1 is 1.08 bits per heavy atom. The molecule has 2 N–H and O–H groups in total. The molecular formula is C18H12BrN5. The summed E-state index contributed by atoms with van der Waals surface area (Å²) in [6.07, 6.45) is 1.66. The van der Waals surface area contributed by atoms with Gasteiger partial charge in [0.05, 0.1) is 5.69 Å². The fourth-order valence-electron chi connectivity index (χ4n) is 2.61. The van der Waals surface area contributed by atoms with E-state index in [1.54, 1.807) is 10.7 Å². The van der Waals surface area contributed by atoms with Gasteiger partial charge in [0, 0.05) is 16.2 Å². The summed E-state index contributed by atoms with van der Waals surface area (Å²) in [6.45, 7) is 0. The van der Waals surface area contributed by atoms with Crippen LogP contribution < -0.4 is 5.32 Å². The molecule has 0 radical (unpaired) electrons. The lowest BCUT2D eigenvalue weighted by molar-refractivity contribution is 0.980. The number of benzene rings is 2. The van der Waals surface area contributed by atoms with E-state index in [1.807, 2.05) is 54.6 Å². The van der Waals surface area contributed by atoms with E-state index < -0.39 is 0 Å². The minimum Gasteiger partial charge on any atom is -0.337 e. The van der Waals surface area contributed by atoms with E-state index in [-0.39, 0.29) is 0 Å². The highest BCUT2D eigenvalue weighted by molar-refractivity contribution is 9.10. The minimum atomic E-state index is 0.507. The van der Waals surface area contributed by atoms with Gasteiger partial charge in [0.15, 0.2) is 11.5 Å². The molecule has 116 valence electrons. The van der Waals surface area contributed by atoms with E-state index in [0.717, 1.165) is 27.2 Å². The van der Waals surface area contributed by atoms with E-state index in [2.05, 4.69) is 37.4 Å². The number of nitriles is 1. The molecule has 0 bridgehead atoms. The molecule has 0 amide bonds. The van der Waals surface area contributed by atoms with E-state index in [4.69, 9.17) is 0 Å². The zero-order chi connectivity index (χ0) is 16.5. The van der Waals surface area contributed by atoms with Crippen LogP contribution in [0.1, 0.15) is 5.56 Å². The van der Waals surface area contributed by atoms with Crippen LogP contribution in [0, 0.1) is 11.3 Å². The van der Waals surface area contributed by atoms with Crippen LogP contribution in [0.5, 0.6) is 0 Å². The van der Waals surface area contributed by atoms with Gasteiger partial charge < -0.3 is 5.32 Å². The van der Waals surface area contributed by atoms with Crippen LogP contribution in [0.3, 0.4) is 0 Å². The van der Waals surface area contributed by atoms with Crippen LogP contribution in [-0.2, 0) is 0 Å². The number of hydrogen-bond acceptors (Lipinski definition) is 3. The first kappa shape index (κ1) is 14.5. The molecule has 5 nitrogen and oxygen atoms in total. The molecule has 4 rings (SSSR count). The summed E-state index contributed by atoms with van der Waals surface area (Å²) < 4.78 is 2.74. The lowest BCUT2D eigenvalue weighted by Gasteiger charge is -2.09. The number of aromatic nitrogens is 3. The maximum atomic E-state index is 9.28. The van der Waals surface area contributed by atoms with Crippen molar-refractivity contribution in [2.24, 2.45) is 0 Å². The average molecular weight is 378 g/mol. The van der Waals surface area contributed by atoms with Crippen molar-refractivity contribution < 1.29 is 0 Å². The molecule has 0 aliphatic heterocycles. The number of nitrogens with zero attached hydrogens (tertiary/aromatic N) is 3. The number of halogens is 1. The van der Waals surface area contributed by atoms with E-state index in [9.17, 15) is 5.26 Å². The Labute approximate surface area is 146 Å². The second-order valence-corrected chi connectivity index (χ2v) is 6.09. The number of aromatic amines is 1. The minimum absolute atomic E-state index is 0.507. The standard InChI is InChI=1S/C18H12BrN5/c19-14-8-4-5-9-15(14)22-18-16(12-6-2-1-3-7-12)23-17-13(10-20)11-21-24(17)18/h1-9,11,21-22H. The number of H-pyrrole nitrogens is 1. The number of nitrogens with one attached hydrogen (secondary N) is 2. The molecule has 2 aromatic carbocycles. The van der Waals surface area contributed by atoms with Crippen molar-refractivity contribution in [2.45, 2.75) is 0 Å². The summed E-state index contributed by atoms with van der Waals surface area (Å²) in [5, 5.41) is 15.8. The quantitative estimate of drug-likeness (QED) is 0.543. The molecule has 2 aromatic heterocycles. The number of hydrogen-bond donors (Lipinski definition) is 2. The van der Waals surface area contributed by atoms with Crippen molar-refractivity contribution in [1.29, 1.82) is 5.26 Å². The lowest BCUT2D eigenvalue weighted by Crippen LogP contribution is -1.98. The fraction of sp³-hybridized carbons (Fsp3) is 0. The second-order valence-electron chi connectivity index (χ2n) is 5.24. The van der Waals surface area contributed by atoms with Crippen LogP contribution in [0.25, 0.3) is 16.9 Å². The molecule has 0 aliphatic carbocycles.